The Morgan fingerprint density at radius 2 is 2.12 bits per heavy atom. The van der Waals surface area contributed by atoms with Crippen LogP contribution in [0.2, 0.25) is 0 Å². The van der Waals surface area contributed by atoms with E-state index in [2.05, 4.69) is 41.4 Å². The lowest BCUT2D eigenvalue weighted by Gasteiger charge is -2.03. The molecule has 0 radical (unpaired) electrons. The molecule has 0 saturated carbocycles. The Bertz CT molecular complexity index is 411. The molecule has 0 aliphatic carbocycles. The van der Waals surface area contributed by atoms with Gasteiger partial charge >= 0.3 is 0 Å². The zero-order chi connectivity index (χ0) is 11.2. The summed E-state index contributed by atoms with van der Waals surface area (Å²) < 4.78 is 0.885. The molecule has 0 unspecified atom stereocenters. The van der Waals surface area contributed by atoms with E-state index in [0.717, 1.165) is 29.6 Å². The van der Waals surface area contributed by atoms with Crippen molar-refractivity contribution in [1.82, 2.24) is 20.2 Å². The van der Waals surface area contributed by atoms with E-state index < -0.39 is 0 Å². The molecule has 0 spiro atoms. The molecule has 0 aromatic carbocycles. The van der Waals surface area contributed by atoms with E-state index in [9.17, 15) is 0 Å². The first-order valence-electron chi connectivity index (χ1n) is 5.04. The van der Waals surface area contributed by atoms with Gasteiger partial charge in [0.2, 0.25) is 5.95 Å². The summed E-state index contributed by atoms with van der Waals surface area (Å²) in [5.41, 5.74) is 1.15. The number of nitrogens with zero attached hydrogens (tertiary/aromatic N) is 3. The van der Waals surface area contributed by atoms with Crippen LogP contribution in [-0.4, -0.2) is 26.7 Å². The van der Waals surface area contributed by atoms with Gasteiger partial charge in [-0.25, -0.2) is 9.97 Å². The third kappa shape index (κ3) is 3.30. The fraction of sp³-hybridized carbons (Fsp3) is 0.300. The highest BCUT2D eigenvalue weighted by atomic mass is 79.9. The van der Waals surface area contributed by atoms with Crippen molar-refractivity contribution in [2.24, 2.45) is 0 Å². The first kappa shape index (κ1) is 11.1. The first-order valence-corrected chi connectivity index (χ1v) is 5.83. The molecule has 84 valence electrons. The predicted molar refractivity (Wildman–Crippen MR) is 65.1 cm³/mol. The maximum absolute atomic E-state index is 4.12. The average Bonchev–Trinajstić information content (AvgIpc) is 2.80. The molecule has 5 nitrogen and oxygen atoms in total. The number of halogens is 1. The number of aromatic nitrogens is 4. The highest BCUT2D eigenvalue weighted by Crippen LogP contribution is 2.06. The van der Waals surface area contributed by atoms with Crippen molar-refractivity contribution in [2.75, 3.05) is 11.9 Å². The second kappa shape index (κ2) is 5.60. The van der Waals surface area contributed by atoms with Gasteiger partial charge in [-0.2, -0.15) is 5.10 Å². The lowest BCUT2D eigenvalue weighted by Crippen LogP contribution is -2.06. The second-order valence-corrected chi connectivity index (χ2v) is 4.25. The van der Waals surface area contributed by atoms with E-state index in [1.807, 2.05) is 6.07 Å². The van der Waals surface area contributed by atoms with Gasteiger partial charge in [0.25, 0.3) is 0 Å². The van der Waals surface area contributed by atoms with Crippen molar-refractivity contribution in [1.29, 1.82) is 0 Å². The molecule has 2 N–H and O–H groups in total. The number of aromatic amines is 1. The van der Waals surface area contributed by atoms with Crippen molar-refractivity contribution in [3.05, 3.63) is 34.8 Å². The van der Waals surface area contributed by atoms with Gasteiger partial charge in [0.05, 0.1) is 4.47 Å². The molecule has 16 heavy (non-hydrogen) atoms. The Kier molecular flexibility index (Phi) is 3.87. The van der Waals surface area contributed by atoms with Gasteiger partial charge in [0.1, 0.15) is 0 Å². The number of hydrogen-bond donors (Lipinski definition) is 2. The van der Waals surface area contributed by atoms with Crippen LogP contribution in [0.3, 0.4) is 0 Å². The van der Waals surface area contributed by atoms with Crippen LogP contribution >= 0.6 is 15.9 Å². The molecule has 2 aromatic heterocycles. The molecule has 0 amide bonds. The molecule has 2 heterocycles. The summed E-state index contributed by atoms with van der Waals surface area (Å²) in [6, 6.07) is 1.98. The molecule has 0 fully saturated rings. The predicted octanol–water partition coefficient (Wildman–Crippen LogP) is 2.01. The monoisotopic (exact) mass is 281 g/mol. The summed E-state index contributed by atoms with van der Waals surface area (Å²) in [6.07, 6.45) is 7.21. The number of hydrogen-bond acceptors (Lipinski definition) is 4. The summed E-state index contributed by atoms with van der Waals surface area (Å²) in [7, 11) is 0. The summed E-state index contributed by atoms with van der Waals surface area (Å²) in [5, 5.41) is 9.98. The van der Waals surface area contributed by atoms with Gasteiger partial charge in [0.15, 0.2) is 0 Å². The minimum absolute atomic E-state index is 0.660. The largest absolute Gasteiger partial charge is 0.354 e. The number of H-pyrrole nitrogens is 1. The van der Waals surface area contributed by atoms with Crippen LogP contribution in [0, 0.1) is 0 Å². The minimum atomic E-state index is 0.660. The maximum Gasteiger partial charge on any atom is 0.222 e. The quantitative estimate of drug-likeness (QED) is 0.823. The van der Waals surface area contributed by atoms with E-state index >= 15 is 0 Å². The number of nitrogens with one attached hydrogen (secondary N) is 2. The number of aryl methyl sites for hydroxylation is 1. The third-order valence-electron chi connectivity index (χ3n) is 2.08. The zero-order valence-corrected chi connectivity index (χ0v) is 10.2. The Hall–Kier alpha value is -1.43. The van der Waals surface area contributed by atoms with Crippen LogP contribution < -0.4 is 5.32 Å². The highest BCUT2D eigenvalue weighted by molar-refractivity contribution is 9.10. The van der Waals surface area contributed by atoms with Gasteiger partial charge in [-0.1, -0.05) is 0 Å². The molecule has 0 aliphatic heterocycles. The summed E-state index contributed by atoms with van der Waals surface area (Å²) in [6.45, 7) is 0.848. The molecule has 0 atom stereocenters. The highest BCUT2D eigenvalue weighted by Gasteiger charge is 1.96. The van der Waals surface area contributed by atoms with Crippen molar-refractivity contribution in [2.45, 2.75) is 12.8 Å². The van der Waals surface area contributed by atoms with Crippen molar-refractivity contribution >= 4 is 21.9 Å². The molecule has 2 rings (SSSR count). The van der Waals surface area contributed by atoms with Gasteiger partial charge in [-0.3, -0.25) is 5.10 Å². The van der Waals surface area contributed by atoms with E-state index in [1.54, 1.807) is 18.6 Å². The fourth-order valence-corrected chi connectivity index (χ4v) is 1.51. The maximum atomic E-state index is 4.12. The molecular weight excluding hydrogens is 270 g/mol. The Morgan fingerprint density at radius 3 is 2.81 bits per heavy atom. The fourth-order valence-electron chi connectivity index (χ4n) is 1.31. The van der Waals surface area contributed by atoms with Gasteiger partial charge in [-0.05, 0) is 34.8 Å². The van der Waals surface area contributed by atoms with E-state index in [0.29, 0.717) is 5.95 Å². The van der Waals surface area contributed by atoms with E-state index in [-0.39, 0.29) is 0 Å². The number of rotatable bonds is 5. The van der Waals surface area contributed by atoms with Crippen molar-refractivity contribution < 1.29 is 0 Å². The standard InChI is InChI=1S/C10H12BrN5/c11-8-6-13-10(14-7-8)12-4-1-2-9-3-5-15-16-9/h3,5-7H,1-2,4H2,(H,15,16)(H,12,13,14). The summed E-state index contributed by atoms with van der Waals surface area (Å²) >= 11 is 3.29. The molecular formula is C10H12BrN5. The smallest absolute Gasteiger partial charge is 0.222 e. The molecule has 2 aromatic rings. The van der Waals surface area contributed by atoms with Gasteiger partial charge < -0.3 is 5.32 Å². The lowest BCUT2D eigenvalue weighted by atomic mass is 10.2. The van der Waals surface area contributed by atoms with Gasteiger partial charge in [0, 0.05) is 30.8 Å². The van der Waals surface area contributed by atoms with E-state index in [1.165, 1.54) is 0 Å². The Balaban J connectivity index is 1.70. The molecule has 0 bridgehead atoms. The van der Waals surface area contributed by atoms with Crippen LogP contribution in [-0.2, 0) is 6.42 Å². The number of anilines is 1. The Morgan fingerprint density at radius 1 is 1.31 bits per heavy atom. The van der Waals surface area contributed by atoms with Crippen LogP contribution in [0.1, 0.15) is 12.1 Å². The molecule has 6 heteroatoms. The molecule has 0 saturated heterocycles. The van der Waals surface area contributed by atoms with Crippen LogP contribution in [0.15, 0.2) is 29.1 Å². The van der Waals surface area contributed by atoms with Crippen molar-refractivity contribution in [3.63, 3.8) is 0 Å². The molecule has 0 aliphatic rings. The normalized spacial score (nSPS) is 10.3. The van der Waals surface area contributed by atoms with Crippen LogP contribution in [0.4, 0.5) is 5.95 Å². The average molecular weight is 282 g/mol. The van der Waals surface area contributed by atoms with Crippen molar-refractivity contribution in [3.8, 4) is 0 Å². The Labute approximate surface area is 102 Å². The van der Waals surface area contributed by atoms with E-state index in [4.69, 9.17) is 0 Å². The SMILES string of the molecule is Brc1cnc(NCCCc2ccn[nH]2)nc1. The zero-order valence-electron chi connectivity index (χ0n) is 8.65. The second-order valence-electron chi connectivity index (χ2n) is 3.34. The first-order chi connectivity index (χ1) is 7.84. The van der Waals surface area contributed by atoms with Crippen LogP contribution in [0.25, 0.3) is 0 Å². The van der Waals surface area contributed by atoms with Gasteiger partial charge in [-0.15, -0.1) is 0 Å². The third-order valence-corrected chi connectivity index (χ3v) is 2.49. The summed E-state index contributed by atoms with van der Waals surface area (Å²) in [5.74, 6) is 0.660. The minimum Gasteiger partial charge on any atom is -0.354 e. The topological polar surface area (TPSA) is 66.5 Å². The summed E-state index contributed by atoms with van der Waals surface area (Å²) in [4.78, 5) is 8.25. The van der Waals surface area contributed by atoms with Crippen LogP contribution in [0.5, 0.6) is 0 Å². The lowest BCUT2D eigenvalue weighted by molar-refractivity contribution is 0.820.